The van der Waals surface area contributed by atoms with Gasteiger partial charge in [-0.25, -0.2) is 4.68 Å². The van der Waals surface area contributed by atoms with Crippen LogP contribution in [-0.2, 0) is 13.1 Å². The van der Waals surface area contributed by atoms with E-state index in [4.69, 9.17) is 5.10 Å². The Balaban J connectivity index is 1.54. The Labute approximate surface area is 177 Å². The Morgan fingerprint density at radius 2 is 1.76 bits per heavy atom. The first kappa shape index (κ1) is 17.9. The van der Waals surface area contributed by atoms with Gasteiger partial charge in [0.05, 0.1) is 24.5 Å². The van der Waals surface area contributed by atoms with Crippen LogP contribution in [0.4, 0.5) is 0 Å². The van der Waals surface area contributed by atoms with E-state index in [0.29, 0.717) is 18.7 Å². The normalized spacial score (nSPS) is 13.0. The maximum Gasteiger partial charge on any atom is 0.254 e. The summed E-state index contributed by atoms with van der Waals surface area (Å²) in [4.78, 5) is 14.9. The molecule has 0 saturated heterocycles. The molecule has 1 aliphatic heterocycles. The molecule has 6 heteroatoms. The molecule has 0 saturated carbocycles. The van der Waals surface area contributed by atoms with Crippen LogP contribution in [0.3, 0.4) is 0 Å². The lowest BCUT2D eigenvalue weighted by atomic mass is 10.2. The molecule has 1 amide bonds. The average molecular weight is 447 g/mol. The number of halogens is 1. The fourth-order valence-corrected chi connectivity index (χ4v) is 4.16. The van der Waals surface area contributed by atoms with Gasteiger partial charge in [0.1, 0.15) is 5.82 Å². The molecule has 29 heavy (non-hydrogen) atoms. The summed E-state index contributed by atoms with van der Waals surface area (Å²) in [5.74, 6) is 1.00. The van der Waals surface area contributed by atoms with E-state index in [0.717, 1.165) is 27.2 Å². The molecule has 5 nitrogen and oxygen atoms in total. The van der Waals surface area contributed by atoms with Gasteiger partial charge in [-0.1, -0.05) is 39.7 Å². The first-order chi connectivity index (χ1) is 14.1. The first-order valence-electron chi connectivity index (χ1n) is 9.46. The van der Waals surface area contributed by atoms with Crippen molar-refractivity contribution in [2.75, 3.05) is 0 Å². The third kappa shape index (κ3) is 3.19. The predicted molar refractivity (Wildman–Crippen MR) is 115 cm³/mol. The Morgan fingerprint density at radius 3 is 2.48 bits per heavy atom. The number of fused-ring (bicyclic) bond motifs is 1. The van der Waals surface area contributed by atoms with Crippen LogP contribution < -0.4 is 0 Å². The maximum atomic E-state index is 13.0. The van der Waals surface area contributed by atoms with Gasteiger partial charge in [0.15, 0.2) is 0 Å². The van der Waals surface area contributed by atoms with Gasteiger partial charge in [-0.05, 0) is 49.4 Å². The average Bonchev–Trinajstić information content (AvgIpc) is 3.44. The Hall–Kier alpha value is -3.12. The van der Waals surface area contributed by atoms with Crippen molar-refractivity contribution in [1.82, 2.24) is 19.2 Å². The third-order valence-corrected chi connectivity index (χ3v) is 5.71. The molecule has 5 rings (SSSR count). The topological polar surface area (TPSA) is 43.1 Å². The van der Waals surface area contributed by atoms with Crippen molar-refractivity contribution in [3.8, 4) is 11.5 Å². The summed E-state index contributed by atoms with van der Waals surface area (Å²) in [5.41, 5.74) is 4.93. The second kappa shape index (κ2) is 7.04. The van der Waals surface area contributed by atoms with Gasteiger partial charge in [-0.2, -0.15) is 5.10 Å². The summed E-state index contributed by atoms with van der Waals surface area (Å²) in [6.07, 6.45) is 4.03. The van der Waals surface area contributed by atoms with E-state index in [9.17, 15) is 4.79 Å². The van der Waals surface area contributed by atoms with Crippen LogP contribution in [0.2, 0.25) is 0 Å². The molecule has 3 heterocycles. The van der Waals surface area contributed by atoms with Crippen LogP contribution in [0, 0.1) is 6.92 Å². The molecule has 0 aliphatic carbocycles. The zero-order valence-electron chi connectivity index (χ0n) is 15.9. The van der Waals surface area contributed by atoms with Crippen molar-refractivity contribution in [2.24, 2.45) is 0 Å². The molecule has 2 aromatic heterocycles. The van der Waals surface area contributed by atoms with Crippen LogP contribution in [0.5, 0.6) is 0 Å². The van der Waals surface area contributed by atoms with Gasteiger partial charge in [-0.15, -0.1) is 0 Å². The smallest absolute Gasteiger partial charge is 0.254 e. The fourth-order valence-electron chi connectivity index (χ4n) is 3.76. The number of benzene rings is 2. The number of nitrogens with zero attached hydrogens (tertiary/aromatic N) is 4. The summed E-state index contributed by atoms with van der Waals surface area (Å²) in [7, 11) is 0. The van der Waals surface area contributed by atoms with Crippen LogP contribution >= 0.6 is 15.9 Å². The molecule has 0 atom stereocenters. The minimum atomic E-state index is 0.0182. The highest BCUT2D eigenvalue weighted by Gasteiger charge is 2.31. The van der Waals surface area contributed by atoms with E-state index in [1.165, 1.54) is 5.56 Å². The van der Waals surface area contributed by atoms with Crippen molar-refractivity contribution in [1.29, 1.82) is 0 Å². The van der Waals surface area contributed by atoms with E-state index in [2.05, 4.69) is 51.7 Å². The standard InChI is InChI=1S/C23H19BrN4O/c1-16-7-9-19(10-8-16)28-22(26-11-2-3-12-26)20-14-27(15-21(20)25-28)23(29)17-5-4-6-18(24)13-17/h2-13H,14-15H2,1H3. The van der Waals surface area contributed by atoms with Crippen molar-refractivity contribution >= 4 is 21.8 Å². The van der Waals surface area contributed by atoms with Gasteiger partial charge in [0, 0.05) is 28.0 Å². The second-order valence-corrected chi connectivity index (χ2v) is 8.17. The summed E-state index contributed by atoms with van der Waals surface area (Å²) >= 11 is 3.45. The van der Waals surface area contributed by atoms with Gasteiger partial charge < -0.3 is 9.47 Å². The van der Waals surface area contributed by atoms with Gasteiger partial charge in [-0.3, -0.25) is 4.79 Å². The number of aromatic nitrogens is 3. The van der Waals surface area contributed by atoms with Crippen LogP contribution in [0.25, 0.3) is 11.5 Å². The zero-order valence-corrected chi connectivity index (χ0v) is 17.5. The minimum Gasteiger partial charge on any atom is -0.328 e. The summed E-state index contributed by atoms with van der Waals surface area (Å²) in [6, 6.07) is 19.8. The van der Waals surface area contributed by atoms with E-state index in [1.807, 2.05) is 58.4 Å². The molecular weight excluding hydrogens is 428 g/mol. The van der Waals surface area contributed by atoms with Crippen LogP contribution in [-0.4, -0.2) is 25.2 Å². The largest absolute Gasteiger partial charge is 0.328 e. The molecule has 144 valence electrons. The first-order valence-corrected chi connectivity index (χ1v) is 10.3. The number of amides is 1. The highest BCUT2D eigenvalue weighted by molar-refractivity contribution is 9.10. The highest BCUT2D eigenvalue weighted by Crippen LogP contribution is 2.31. The van der Waals surface area contributed by atoms with E-state index in [-0.39, 0.29) is 5.91 Å². The SMILES string of the molecule is Cc1ccc(-n2nc3c(c2-n2cccc2)CN(C(=O)c2cccc(Br)c2)C3)cc1. The maximum absolute atomic E-state index is 13.0. The molecule has 2 aromatic carbocycles. The van der Waals surface area contributed by atoms with E-state index in [1.54, 1.807) is 0 Å². The number of hydrogen-bond donors (Lipinski definition) is 0. The Morgan fingerprint density at radius 1 is 1.00 bits per heavy atom. The molecule has 0 N–H and O–H groups in total. The van der Waals surface area contributed by atoms with Crippen molar-refractivity contribution in [2.45, 2.75) is 20.0 Å². The number of carbonyl (C=O) groups excluding carboxylic acids is 1. The second-order valence-electron chi connectivity index (χ2n) is 7.26. The molecular formula is C23H19BrN4O. The Kier molecular flexibility index (Phi) is 4.36. The van der Waals surface area contributed by atoms with Crippen molar-refractivity contribution in [3.63, 3.8) is 0 Å². The number of hydrogen-bond acceptors (Lipinski definition) is 2. The zero-order chi connectivity index (χ0) is 20.0. The summed E-state index contributed by atoms with van der Waals surface area (Å²) in [6.45, 7) is 3.12. The molecule has 0 bridgehead atoms. The number of aryl methyl sites for hydroxylation is 1. The monoisotopic (exact) mass is 446 g/mol. The minimum absolute atomic E-state index is 0.0182. The third-order valence-electron chi connectivity index (χ3n) is 5.22. The van der Waals surface area contributed by atoms with Gasteiger partial charge in [0.2, 0.25) is 0 Å². The lowest BCUT2D eigenvalue weighted by Gasteiger charge is -2.18. The number of carbonyl (C=O) groups is 1. The molecule has 0 spiro atoms. The summed E-state index contributed by atoms with van der Waals surface area (Å²) < 4.78 is 4.95. The molecule has 1 aliphatic rings. The molecule has 0 fully saturated rings. The quantitative estimate of drug-likeness (QED) is 0.449. The van der Waals surface area contributed by atoms with Crippen LogP contribution in [0.1, 0.15) is 27.2 Å². The Bertz CT molecular complexity index is 1190. The molecule has 0 radical (unpaired) electrons. The highest BCUT2D eigenvalue weighted by atomic mass is 79.9. The summed E-state index contributed by atoms with van der Waals surface area (Å²) in [5, 5.41) is 4.88. The lowest BCUT2D eigenvalue weighted by Crippen LogP contribution is -2.26. The van der Waals surface area contributed by atoms with Crippen molar-refractivity contribution in [3.05, 3.63) is 99.9 Å². The van der Waals surface area contributed by atoms with Crippen LogP contribution in [0.15, 0.2) is 77.5 Å². The number of rotatable bonds is 3. The fraction of sp³-hybridized carbons (Fsp3) is 0.130. The molecule has 4 aromatic rings. The van der Waals surface area contributed by atoms with Gasteiger partial charge in [0.25, 0.3) is 5.91 Å². The van der Waals surface area contributed by atoms with E-state index >= 15 is 0 Å². The lowest BCUT2D eigenvalue weighted by molar-refractivity contribution is 0.0749. The van der Waals surface area contributed by atoms with Gasteiger partial charge >= 0.3 is 0 Å². The van der Waals surface area contributed by atoms with E-state index < -0.39 is 0 Å². The molecule has 0 unspecified atom stereocenters. The van der Waals surface area contributed by atoms with Crippen molar-refractivity contribution < 1.29 is 4.79 Å². The predicted octanol–water partition coefficient (Wildman–Crippen LogP) is 4.89.